The Balaban J connectivity index is 2.26. The Hall–Kier alpha value is -1.92. The molecule has 7 nitrogen and oxygen atoms in total. The van der Waals surface area contributed by atoms with Crippen LogP contribution in [0.15, 0.2) is 0 Å². The monoisotopic (exact) mass is 279 g/mol. The molecule has 1 aliphatic rings. The summed E-state index contributed by atoms with van der Waals surface area (Å²) in [7, 11) is 1.75. The molecule has 1 N–H and O–H groups in total. The number of rotatable bonds is 2. The average Bonchev–Trinajstić information content (AvgIpc) is 2.85. The van der Waals surface area contributed by atoms with Gasteiger partial charge in [-0.1, -0.05) is 13.8 Å². The summed E-state index contributed by atoms with van der Waals surface area (Å²) in [5.41, 5.74) is -0.872. The van der Waals surface area contributed by atoms with E-state index in [1.807, 2.05) is 13.8 Å². The lowest BCUT2D eigenvalue weighted by atomic mass is 9.97. The molecule has 1 fully saturated rings. The van der Waals surface area contributed by atoms with E-state index in [0.29, 0.717) is 18.9 Å². The number of amides is 2. The van der Waals surface area contributed by atoms with E-state index in [-0.39, 0.29) is 23.6 Å². The Morgan fingerprint density at radius 3 is 2.55 bits per heavy atom. The van der Waals surface area contributed by atoms with Crippen LogP contribution in [0.5, 0.6) is 0 Å². The Morgan fingerprint density at radius 2 is 2.00 bits per heavy atom. The highest BCUT2D eigenvalue weighted by molar-refractivity contribution is 5.97. The van der Waals surface area contributed by atoms with Gasteiger partial charge in [0.2, 0.25) is 11.7 Å². The lowest BCUT2D eigenvalue weighted by molar-refractivity contribution is -0.144. The van der Waals surface area contributed by atoms with E-state index < -0.39 is 5.54 Å². The molecule has 0 aromatic carbocycles. The van der Waals surface area contributed by atoms with Gasteiger partial charge in [-0.3, -0.25) is 14.7 Å². The fourth-order valence-electron chi connectivity index (χ4n) is 2.32. The van der Waals surface area contributed by atoms with E-state index in [4.69, 9.17) is 0 Å². The van der Waals surface area contributed by atoms with Gasteiger partial charge in [-0.05, 0) is 13.8 Å². The number of H-pyrrole nitrogens is 1. The van der Waals surface area contributed by atoms with Crippen molar-refractivity contribution >= 4 is 11.8 Å². The molecule has 1 aromatic rings. The third-order valence-corrected chi connectivity index (χ3v) is 3.69. The van der Waals surface area contributed by atoms with Crippen LogP contribution in [0.1, 0.15) is 50.1 Å². The van der Waals surface area contributed by atoms with Gasteiger partial charge in [-0.2, -0.15) is 0 Å². The highest BCUT2D eigenvalue weighted by Gasteiger charge is 2.44. The summed E-state index contributed by atoms with van der Waals surface area (Å²) < 4.78 is 0. The smallest absolute Gasteiger partial charge is 0.294 e. The van der Waals surface area contributed by atoms with Gasteiger partial charge in [0.15, 0.2) is 0 Å². The standard InChI is InChI=1S/C13H21N5O2/c1-8(2)9-14-10(16-15-9)11(19)18-7-6-17(5)12(20)13(18,3)4/h8H,6-7H2,1-5H3,(H,14,15,16). The van der Waals surface area contributed by atoms with Gasteiger partial charge in [0.1, 0.15) is 11.4 Å². The van der Waals surface area contributed by atoms with Gasteiger partial charge in [-0.25, -0.2) is 4.98 Å². The molecule has 0 spiro atoms. The van der Waals surface area contributed by atoms with Crippen LogP contribution in [0, 0.1) is 0 Å². The molecule has 20 heavy (non-hydrogen) atoms. The van der Waals surface area contributed by atoms with Crippen LogP contribution in [0.2, 0.25) is 0 Å². The molecule has 0 aliphatic carbocycles. The van der Waals surface area contributed by atoms with Gasteiger partial charge in [0.25, 0.3) is 5.91 Å². The van der Waals surface area contributed by atoms with Crippen LogP contribution >= 0.6 is 0 Å². The van der Waals surface area contributed by atoms with Crippen LogP contribution < -0.4 is 0 Å². The number of piperazine rings is 1. The maximum absolute atomic E-state index is 12.5. The Morgan fingerprint density at radius 1 is 1.35 bits per heavy atom. The quantitative estimate of drug-likeness (QED) is 0.860. The second kappa shape index (κ2) is 4.88. The van der Waals surface area contributed by atoms with Crippen molar-refractivity contribution in [1.29, 1.82) is 0 Å². The minimum absolute atomic E-state index is 0.0725. The molecule has 2 amide bonds. The predicted octanol–water partition coefficient (Wildman–Crippen LogP) is 0.621. The summed E-state index contributed by atoms with van der Waals surface area (Å²) in [4.78, 5) is 32.1. The number of nitrogens with one attached hydrogen (secondary N) is 1. The maximum atomic E-state index is 12.5. The minimum atomic E-state index is -0.872. The van der Waals surface area contributed by atoms with Gasteiger partial charge in [0, 0.05) is 26.1 Å². The number of aromatic nitrogens is 3. The second-order valence-electron chi connectivity index (χ2n) is 5.94. The lowest BCUT2D eigenvalue weighted by Gasteiger charge is -2.44. The number of hydrogen-bond donors (Lipinski definition) is 1. The molecule has 1 saturated heterocycles. The summed E-state index contributed by atoms with van der Waals surface area (Å²) in [6.07, 6.45) is 0. The van der Waals surface area contributed by atoms with Crippen molar-refractivity contribution < 1.29 is 9.59 Å². The number of carbonyl (C=O) groups is 2. The lowest BCUT2D eigenvalue weighted by Crippen LogP contribution is -2.63. The van der Waals surface area contributed by atoms with Crippen LogP contribution in [-0.4, -0.2) is 62.5 Å². The molecule has 0 bridgehead atoms. The third kappa shape index (κ3) is 2.28. The fraction of sp³-hybridized carbons (Fsp3) is 0.692. The van der Waals surface area contributed by atoms with Crippen molar-refractivity contribution in [2.24, 2.45) is 0 Å². The van der Waals surface area contributed by atoms with Gasteiger partial charge in [0.05, 0.1) is 0 Å². The Bertz CT molecular complexity index is 535. The molecule has 110 valence electrons. The highest BCUT2D eigenvalue weighted by Crippen LogP contribution is 2.23. The first-order valence-electron chi connectivity index (χ1n) is 6.75. The van der Waals surface area contributed by atoms with Gasteiger partial charge < -0.3 is 9.80 Å². The Kier molecular flexibility index (Phi) is 3.54. The van der Waals surface area contributed by atoms with Crippen molar-refractivity contribution in [2.75, 3.05) is 20.1 Å². The zero-order chi connectivity index (χ0) is 15.1. The molecule has 0 saturated carbocycles. The summed E-state index contributed by atoms with van der Waals surface area (Å²) >= 11 is 0. The van der Waals surface area contributed by atoms with E-state index in [0.717, 1.165) is 0 Å². The normalized spacial score (nSPS) is 18.8. The zero-order valence-electron chi connectivity index (χ0n) is 12.6. The first-order valence-corrected chi connectivity index (χ1v) is 6.75. The van der Waals surface area contributed by atoms with Crippen LogP contribution in [0.25, 0.3) is 0 Å². The molecule has 2 heterocycles. The van der Waals surface area contributed by atoms with E-state index >= 15 is 0 Å². The molecular formula is C13H21N5O2. The average molecular weight is 279 g/mol. The first-order chi connectivity index (χ1) is 9.25. The zero-order valence-corrected chi connectivity index (χ0v) is 12.6. The number of nitrogens with zero attached hydrogens (tertiary/aromatic N) is 4. The number of aromatic amines is 1. The molecule has 7 heteroatoms. The first kappa shape index (κ1) is 14.5. The van der Waals surface area contributed by atoms with E-state index in [1.54, 1.807) is 30.7 Å². The van der Waals surface area contributed by atoms with Gasteiger partial charge in [-0.15, -0.1) is 5.10 Å². The molecule has 0 atom stereocenters. The molecule has 0 unspecified atom stereocenters. The van der Waals surface area contributed by atoms with Crippen molar-refractivity contribution in [2.45, 2.75) is 39.2 Å². The van der Waals surface area contributed by atoms with Crippen molar-refractivity contribution in [3.8, 4) is 0 Å². The fourth-order valence-corrected chi connectivity index (χ4v) is 2.32. The molecule has 1 aliphatic heterocycles. The SMILES string of the molecule is CC(C)c1nc(C(=O)N2CCN(C)C(=O)C2(C)C)n[nH]1. The van der Waals surface area contributed by atoms with Crippen LogP contribution in [0.3, 0.4) is 0 Å². The second-order valence-corrected chi connectivity index (χ2v) is 5.94. The number of hydrogen-bond acceptors (Lipinski definition) is 4. The summed E-state index contributed by atoms with van der Waals surface area (Å²) in [5, 5.41) is 6.74. The number of carbonyl (C=O) groups excluding carboxylic acids is 2. The van der Waals surface area contributed by atoms with Crippen molar-refractivity contribution in [3.63, 3.8) is 0 Å². The van der Waals surface area contributed by atoms with Gasteiger partial charge >= 0.3 is 0 Å². The third-order valence-electron chi connectivity index (χ3n) is 3.69. The highest BCUT2D eigenvalue weighted by atomic mass is 16.2. The van der Waals surface area contributed by atoms with Crippen LogP contribution in [0.4, 0.5) is 0 Å². The van der Waals surface area contributed by atoms with E-state index in [9.17, 15) is 9.59 Å². The van der Waals surface area contributed by atoms with E-state index in [2.05, 4.69) is 15.2 Å². The number of likely N-dealkylation sites (N-methyl/N-ethyl adjacent to an activating group) is 1. The molecular weight excluding hydrogens is 258 g/mol. The largest absolute Gasteiger partial charge is 0.342 e. The predicted molar refractivity (Wildman–Crippen MR) is 73.2 cm³/mol. The summed E-state index contributed by atoms with van der Waals surface area (Å²) in [6.45, 7) is 8.45. The Labute approximate surface area is 118 Å². The summed E-state index contributed by atoms with van der Waals surface area (Å²) in [6, 6.07) is 0. The minimum Gasteiger partial charge on any atom is -0.342 e. The molecule has 0 radical (unpaired) electrons. The summed E-state index contributed by atoms with van der Waals surface area (Å²) in [5.74, 6) is 0.591. The van der Waals surface area contributed by atoms with Crippen LogP contribution in [-0.2, 0) is 4.79 Å². The van der Waals surface area contributed by atoms with Crippen molar-refractivity contribution in [3.05, 3.63) is 11.6 Å². The molecule has 2 rings (SSSR count). The topological polar surface area (TPSA) is 82.2 Å². The van der Waals surface area contributed by atoms with Crippen molar-refractivity contribution in [1.82, 2.24) is 25.0 Å². The van der Waals surface area contributed by atoms with E-state index in [1.165, 1.54) is 0 Å². The molecule has 1 aromatic heterocycles. The maximum Gasteiger partial charge on any atom is 0.294 e.